The maximum Gasteiger partial charge on any atom is 0.311 e. The maximum absolute atomic E-state index is 12.3. The van der Waals surface area contributed by atoms with E-state index in [4.69, 9.17) is 33.5 Å². The van der Waals surface area contributed by atoms with Crippen LogP contribution < -0.4 is 9.47 Å². The second-order valence-electron chi connectivity index (χ2n) is 12.4. The Morgan fingerprint density at radius 1 is 0.978 bits per heavy atom. The molecule has 46 heavy (non-hydrogen) atoms. The third-order valence-electron chi connectivity index (χ3n) is 7.54. The first-order valence-corrected chi connectivity index (χ1v) is 15.9. The van der Waals surface area contributed by atoms with Gasteiger partial charge in [0.25, 0.3) is 0 Å². The molecule has 0 aromatic heterocycles. The highest BCUT2D eigenvalue weighted by atomic mass is 16.7. The van der Waals surface area contributed by atoms with Crippen LogP contribution in [-0.2, 0) is 30.3 Å². The smallest absolute Gasteiger partial charge is 0.311 e. The van der Waals surface area contributed by atoms with E-state index in [0.29, 0.717) is 25.9 Å². The van der Waals surface area contributed by atoms with E-state index in [0.717, 1.165) is 29.0 Å². The van der Waals surface area contributed by atoms with Gasteiger partial charge in [0.2, 0.25) is 0 Å². The van der Waals surface area contributed by atoms with Gasteiger partial charge in [0.15, 0.2) is 6.29 Å². The Bertz CT molecular complexity index is 1300. The van der Waals surface area contributed by atoms with Crippen LogP contribution in [0.2, 0.25) is 0 Å². The molecule has 1 saturated heterocycles. The largest absolute Gasteiger partial charge is 0.497 e. The summed E-state index contributed by atoms with van der Waals surface area (Å²) in [5.41, 5.74) is 1.38. The average Bonchev–Trinajstić information content (AvgIpc) is 3.05. The van der Waals surface area contributed by atoms with Crippen molar-refractivity contribution < 1.29 is 38.3 Å². The van der Waals surface area contributed by atoms with E-state index in [2.05, 4.69) is 18.8 Å². The summed E-state index contributed by atoms with van der Waals surface area (Å²) in [6, 6.07) is 15.4. The van der Waals surface area contributed by atoms with E-state index in [-0.39, 0.29) is 43.4 Å². The lowest BCUT2D eigenvalue weighted by atomic mass is 9.97. The van der Waals surface area contributed by atoms with Crippen molar-refractivity contribution >= 4 is 5.97 Å². The standard InChI is InChI=1S/C38H50O8/c1-28(12-10-11-24-39)35(44-27-29-15-19-31(41-5)20-16-29)14-9-7-8-13-33-26-34(23-25-43-37(40)38(2,3)4)46-36(45-33)30-17-21-32(42-6)22-18-30/h7-8,10-11,15-22,28,33-36,39H,12-13,23-27H2,1-6H3/b8-7+,11-10+/t28-,33+,34-,35+,36+/m1/s1. The first-order chi connectivity index (χ1) is 22.1. The summed E-state index contributed by atoms with van der Waals surface area (Å²) < 4.78 is 34.9. The molecular formula is C38H50O8. The van der Waals surface area contributed by atoms with E-state index < -0.39 is 11.7 Å². The topological polar surface area (TPSA) is 92.7 Å². The van der Waals surface area contributed by atoms with E-state index in [1.165, 1.54) is 0 Å². The highest BCUT2D eigenvalue weighted by Crippen LogP contribution is 2.33. The normalized spacial score (nSPS) is 19.8. The monoisotopic (exact) mass is 634 g/mol. The van der Waals surface area contributed by atoms with Gasteiger partial charge in [0, 0.05) is 18.4 Å². The molecule has 0 saturated carbocycles. The van der Waals surface area contributed by atoms with Crippen molar-refractivity contribution in [2.45, 2.75) is 84.6 Å². The SMILES string of the molecule is COc1ccc(CO[C@@H](C#C/C=C/C[C@H]2C[C@@H](CCOC(=O)C(C)(C)C)O[C@@H](c3ccc(OC)cc3)O2)[C@H](C)C/C=C/CO)cc1. The fourth-order valence-corrected chi connectivity index (χ4v) is 4.72. The molecule has 2 aromatic carbocycles. The van der Waals surface area contributed by atoms with Gasteiger partial charge in [-0.05, 0) is 75.4 Å². The van der Waals surface area contributed by atoms with Crippen molar-refractivity contribution in [1.82, 2.24) is 0 Å². The molecule has 2 aromatic rings. The van der Waals surface area contributed by atoms with Crippen molar-refractivity contribution in [2.24, 2.45) is 11.3 Å². The van der Waals surface area contributed by atoms with Gasteiger partial charge in [-0.15, -0.1) is 0 Å². The van der Waals surface area contributed by atoms with Crippen LogP contribution in [-0.4, -0.2) is 56.8 Å². The zero-order valence-corrected chi connectivity index (χ0v) is 28.1. The first kappa shape index (κ1) is 36.9. The predicted molar refractivity (Wildman–Crippen MR) is 178 cm³/mol. The van der Waals surface area contributed by atoms with Crippen molar-refractivity contribution in [3.63, 3.8) is 0 Å². The van der Waals surface area contributed by atoms with Gasteiger partial charge < -0.3 is 33.5 Å². The summed E-state index contributed by atoms with van der Waals surface area (Å²) in [6.07, 6.45) is 9.10. The van der Waals surface area contributed by atoms with Crippen LogP contribution in [0.15, 0.2) is 72.8 Å². The number of aliphatic hydroxyl groups excluding tert-OH is 1. The minimum Gasteiger partial charge on any atom is -0.497 e. The quantitative estimate of drug-likeness (QED) is 0.128. The fourth-order valence-electron chi connectivity index (χ4n) is 4.72. The Hall–Kier alpha value is -3.61. The number of benzene rings is 2. The number of aliphatic hydroxyl groups is 1. The van der Waals surface area contributed by atoms with Crippen LogP contribution in [0.1, 0.15) is 70.8 Å². The number of esters is 1. The molecule has 0 unspecified atom stereocenters. The number of hydrogen-bond donors (Lipinski definition) is 1. The number of hydrogen-bond acceptors (Lipinski definition) is 8. The number of carbonyl (C=O) groups is 1. The van der Waals surface area contributed by atoms with Gasteiger partial charge in [-0.3, -0.25) is 4.79 Å². The molecule has 5 atom stereocenters. The lowest BCUT2D eigenvalue weighted by Gasteiger charge is -2.36. The third kappa shape index (κ3) is 12.6. The number of methoxy groups -OCH3 is 2. The molecule has 8 nitrogen and oxygen atoms in total. The second kappa shape index (κ2) is 19.1. The van der Waals surface area contributed by atoms with E-state index >= 15 is 0 Å². The molecule has 0 aliphatic carbocycles. The van der Waals surface area contributed by atoms with Crippen LogP contribution in [0.4, 0.5) is 0 Å². The van der Waals surface area contributed by atoms with Crippen LogP contribution in [0, 0.1) is 23.2 Å². The summed E-state index contributed by atoms with van der Waals surface area (Å²) >= 11 is 0. The summed E-state index contributed by atoms with van der Waals surface area (Å²) in [6.45, 7) is 8.34. The molecule has 1 aliphatic rings. The molecule has 0 amide bonds. The lowest BCUT2D eigenvalue weighted by molar-refractivity contribution is -0.249. The maximum atomic E-state index is 12.3. The highest BCUT2D eigenvalue weighted by molar-refractivity contribution is 5.75. The summed E-state index contributed by atoms with van der Waals surface area (Å²) in [7, 11) is 3.28. The Labute approximate surface area is 274 Å². The molecule has 0 radical (unpaired) electrons. The molecule has 0 bridgehead atoms. The molecule has 1 fully saturated rings. The van der Waals surface area contributed by atoms with Crippen molar-refractivity contribution in [3.8, 4) is 23.3 Å². The molecule has 0 spiro atoms. The fraction of sp³-hybridized carbons (Fsp3) is 0.500. The predicted octanol–water partition coefficient (Wildman–Crippen LogP) is 6.97. The number of ether oxygens (including phenoxy) is 6. The Kier molecular flexibility index (Phi) is 15.3. The molecule has 1 heterocycles. The van der Waals surface area contributed by atoms with Gasteiger partial charge in [-0.1, -0.05) is 61.3 Å². The van der Waals surface area contributed by atoms with Gasteiger partial charge in [0.1, 0.15) is 17.6 Å². The van der Waals surface area contributed by atoms with Gasteiger partial charge in [-0.2, -0.15) is 0 Å². The summed E-state index contributed by atoms with van der Waals surface area (Å²) in [4.78, 5) is 12.3. The number of carbonyl (C=O) groups excluding carboxylic acids is 1. The Morgan fingerprint density at radius 2 is 1.63 bits per heavy atom. The summed E-state index contributed by atoms with van der Waals surface area (Å²) in [5, 5.41) is 9.12. The van der Waals surface area contributed by atoms with Crippen molar-refractivity contribution in [3.05, 3.63) is 84.0 Å². The minimum atomic E-state index is -0.551. The number of rotatable bonds is 15. The van der Waals surface area contributed by atoms with Crippen molar-refractivity contribution in [1.29, 1.82) is 0 Å². The molecule has 1 N–H and O–H groups in total. The molecule has 3 rings (SSSR count). The van der Waals surface area contributed by atoms with Gasteiger partial charge in [-0.25, -0.2) is 0 Å². The van der Waals surface area contributed by atoms with E-state index in [1.807, 2.05) is 87.5 Å². The van der Waals surface area contributed by atoms with Crippen LogP contribution >= 0.6 is 0 Å². The summed E-state index contributed by atoms with van der Waals surface area (Å²) in [5.74, 6) is 7.90. The zero-order chi connectivity index (χ0) is 33.4. The lowest BCUT2D eigenvalue weighted by Crippen LogP contribution is -2.35. The second-order valence-corrected chi connectivity index (χ2v) is 12.4. The van der Waals surface area contributed by atoms with Crippen LogP contribution in [0.5, 0.6) is 11.5 Å². The molecule has 8 heteroatoms. The molecule has 250 valence electrons. The molecular weight excluding hydrogens is 584 g/mol. The highest BCUT2D eigenvalue weighted by Gasteiger charge is 2.31. The minimum absolute atomic E-state index is 0.00896. The van der Waals surface area contributed by atoms with Gasteiger partial charge in [0.05, 0.1) is 51.7 Å². The van der Waals surface area contributed by atoms with E-state index in [1.54, 1.807) is 20.3 Å². The molecule has 1 aliphatic heterocycles. The Balaban J connectivity index is 1.65. The first-order valence-electron chi connectivity index (χ1n) is 15.9. The van der Waals surface area contributed by atoms with Crippen molar-refractivity contribution in [2.75, 3.05) is 27.4 Å². The van der Waals surface area contributed by atoms with Crippen LogP contribution in [0.3, 0.4) is 0 Å². The van der Waals surface area contributed by atoms with Gasteiger partial charge >= 0.3 is 5.97 Å². The zero-order valence-electron chi connectivity index (χ0n) is 28.1. The third-order valence-corrected chi connectivity index (χ3v) is 7.54. The van der Waals surface area contributed by atoms with Crippen LogP contribution in [0.25, 0.3) is 0 Å². The number of allylic oxidation sites excluding steroid dienone is 2. The Morgan fingerprint density at radius 3 is 2.26 bits per heavy atom. The average molecular weight is 635 g/mol. The van der Waals surface area contributed by atoms with E-state index in [9.17, 15) is 4.79 Å².